The maximum absolute atomic E-state index is 12.6. The zero-order valence-electron chi connectivity index (χ0n) is 17.9. The van der Waals surface area contributed by atoms with Crippen LogP contribution >= 0.6 is 0 Å². The summed E-state index contributed by atoms with van der Waals surface area (Å²) in [5.74, 6) is 0.189. The predicted molar refractivity (Wildman–Crippen MR) is 119 cm³/mol. The molecule has 2 N–H and O–H groups in total. The first kappa shape index (κ1) is 19.8. The van der Waals surface area contributed by atoms with E-state index in [4.69, 9.17) is 4.74 Å². The first-order valence-electron chi connectivity index (χ1n) is 11.4. The van der Waals surface area contributed by atoms with Crippen molar-refractivity contribution in [3.63, 3.8) is 0 Å². The summed E-state index contributed by atoms with van der Waals surface area (Å²) >= 11 is 0. The van der Waals surface area contributed by atoms with E-state index in [1.165, 1.54) is 19.2 Å². The van der Waals surface area contributed by atoms with Crippen LogP contribution in [0.25, 0.3) is 11.2 Å². The largest absolute Gasteiger partial charge is 0.353 e. The molecule has 3 aliphatic heterocycles. The van der Waals surface area contributed by atoms with E-state index >= 15 is 0 Å². The first-order chi connectivity index (χ1) is 15.7. The third-order valence-corrected chi connectivity index (χ3v) is 7.02. The smallest absolute Gasteiger partial charge is 0.256 e. The van der Waals surface area contributed by atoms with Crippen molar-refractivity contribution in [1.29, 1.82) is 0 Å². The van der Waals surface area contributed by atoms with Crippen LogP contribution in [0, 0.1) is 0 Å². The van der Waals surface area contributed by atoms with Crippen molar-refractivity contribution in [1.82, 2.24) is 29.7 Å². The molecule has 0 aliphatic carbocycles. The highest BCUT2D eigenvalue weighted by Gasteiger charge is 2.43. The van der Waals surface area contributed by atoms with Gasteiger partial charge in [0.15, 0.2) is 17.0 Å². The third-order valence-electron chi connectivity index (χ3n) is 7.02. The minimum absolute atomic E-state index is 0.101. The lowest BCUT2D eigenvalue weighted by Gasteiger charge is -2.40. The summed E-state index contributed by atoms with van der Waals surface area (Å²) in [6.45, 7) is 4.39. The van der Waals surface area contributed by atoms with E-state index in [2.05, 4.69) is 30.5 Å². The Morgan fingerprint density at radius 3 is 2.84 bits per heavy atom. The molecule has 1 spiro atoms. The molecule has 0 bridgehead atoms. The Balaban J connectivity index is 1.14. The molecule has 6 rings (SSSR count). The lowest BCUT2D eigenvalue weighted by atomic mass is 9.87. The molecule has 3 fully saturated rings. The number of imidazole rings is 1. The number of ether oxygens (including phenoxy) is 1. The Labute approximate surface area is 186 Å². The number of nitrogens with zero attached hydrogens (tertiary/aromatic N) is 5. The molecule has 3 aliphatic rings. The monoisotopic (exact) mass is 433 g/mol. The number of likely N-dealkylation sites (tertiary alicyclic amines) is 1. The van der Waals surface area contributed by atoms with Gasteiger partial charge in [0.2, 0.25) is 0 Å². The van der Waals surface area contributed by atoms with Crippen molar-refractivity contribution in [2.24, 2.45) is 0 Å². The Kier molecular flexibility index (Phi) is 4.89. The number of amides is 1. The zero-order chi connectivity index (χ0) is 21.5. The van der Waals surface area contributed by atoms with Crippen LogP contribution in [-0.4, -0.2) is 68.1 Å². The number of anilines is 1. The Morgan fingerprint density at radius 2 is 2.06 bits per heavy atom. The second-order valence-electron chi connectivity index (χ2n) is 9.10. The highest BCUT2D eigenvalue weighted by Crippen LogP contribution is 2.34. The minimum atomic E-state index is -0.221. The Bertz CT molecular complexity index is 1130. The van der Waals surface area contributed by atoms with Crippen LogP contribution in [0.1, 0.15) is 42.3 Å². The van der Waals surface area contributed by atoms with Crippen LogP contribution in [-0.2, 0) is 4.74 Å². The Morgan fingerprint density at radius 1 is 1.19 bits per heavy atom. The van der Waals surface area contributed by atoms with Crippen molar-refractivity contribution < 1.29 is 9.53 Å². The number of fused-ring (bicyclic) bond motifs is 1. The minimum Gasteiger partial charge on any atom is -0.353 e. The van der Waals surface area contributed by atoms with Crippen molar-refractivity contribution in [3.05, 3.63) is 48.5 Å². The normalized spacial score (nSPS) is 27.8. The molecule has 3 atom stereocenters. The summed E-state index contributed by atoms with van der Waals surface area (Å²) in [6.07, 6.45) is 7.79. The number of carbonyl (C=O) groups excluding carboxylic acids is 1. The second-order valence-corrected chi connectivity index (χ2v) is 9.10. The number of benzene rings is 1. The predicted octanol–water partition coefficient (Wildman–Crippen LogP) is 2.19. The molecular weight excluding hydrogens is 406 g/mol. The Hall–Kier alpha value is -2.88. The highest BCUT2D eigenvalue weighted by atomic mass is 16.5. The van der Waals surface area contributed by atoms with Crippen molar-refractivity contribution in [2.45, 2.75) is 43.6 Å². The molecule has 3 unspecified atom stereocenters. The number of nitrogens with one attached hydrogen (secondary N) is 2. The molecule has 9 nitrogen and oxygen atoms in total. The van der Waals surface area contributed by atoms with E-state index in [-0.39, 0.29) is 18.2 Å². The van der Waals surface area contributed by atoms with Gasteiger partial charge in [-0.1, -0.05) is 18.2 Å². The molecule has 3 saturated heterocycles. The fourth-order valence-electron chi connectivity index (χ4n) is 5.18. The molecule has 1 amide bonds. The molecule has 5 heterocycles. The molecule has 2 aromatic heterocycles. The van der Waals surface area contributed by atoms with Gasteiger partial charge >= 0.3 is 0 Å². The van der Waals surface area contributed by atoms with Crippen LogP contribution in [0.5, 0.6) is 0 Å². The molecule has 166 valence electrons. The summed E-state index contributed by atoms with van der Waals surface area (Å²) in [6, 6.07) is 9.07. The molecular formula is C23H27N7O2. The third kappa shape index (κ3) is 3.56. The van der Waals surface area contributed by atoms with E-state index in [1.54, 1.807) is 18.5 Å². The van der Waals surface area contributed by atoms with E-state index < -0.39 is 0 Å². The second kappa shape index (κ2) is 7.91. The summed E-state index contributed by atoms with van der Waals surface area (Å²) in [5, 5.41) is 6.48. The summed E-state index contributed by atoms with van der Waals surface area (Å²) in [7, 11) is 0. The molecule has 0 radical (unpaired) electrons. The molecule has 32 heavy (non-hydrogen) atoms. The lowest BCUT2D eigenvalue weighted by Crippen LogP contribution is -2.58. The standard InChI is InChI=1S/C23H27N7O2/c31-22(16-4-2-1-3-5-16)28-20-19-21(25-14-24-20)30(15-26-19)18-7-6-17(32-18)12-29-11-9-23(13-29)8-10-27-23/h1-5,14-15,17-18,27H,6-13H2,(H,24,25,28,31). The number of carbonyl (C=O) groups is 1. The molecule has 9 heteroatoms. The summed E-state index contributed by atoms with van der Waals surface area (Å²) in [4.78, 5) is 28.3. The SMILES string of the molecule is O=C(Nc1ncnc2c1ncn2C1CCC(CN2CCC3(CCN3)C2)O1)c1ccccc1. The van der Waals surface area contributed by atoms with Gasteiger partial charge in [0.05, 0.1) is 12.4 Å². The maximum Gasteiger partial charge on any atom is 0.256 e. The van der Waals surface area contributed by atoms with E-state index in [9.17, 15) is 4.79 Å². The summed E-state index contributed by atoms with van der Waals surface area (Å²) < 4.78 is 8.37. The number of aromatic nitrogens is 4. The highest BCUT2D eigenvalue weighted by molar-refractivity contribution is 6.06. The molecule has 1 aromatic carbocycles. The topological polar surface area (TPSA) is 97.2 Å². The quantitative estimate of drug-likeness (QED) is 0.637. The van der Waals surface area contributed by atoms with Crippen molar-refractivity contribution >= 4 is 22.9 Å². The lowest BCUT2D eigenvalue weighted by molar-refractivity contribution is -0.0101. The van der Waals surface area contributed by atoms with Crippen LogP contribution in [0.2, 0.25) is 0 Å². The van der Waals surface area contributed by atoms with E-state index in [0.717, 1.165) is 39.0 Å². The van der Waals surface area contributed by atoms with E-state index in [1.807, 2.05) is 22.8 Å². The van der Waals surface area contributed by atoms with Crippen LogP contribution in [0.15, 0.2) is 43.0 Å². The van der Waals surface area contributed by atoms with Gasteiger partial charge in [0.1, 0.15) is 12.6 Å². The zero-order valence-corrected chi connectivity index (χ0v) is 17.9. The fourth-order valence-corrected chi connectivity index (χ4v) is 5.18. The molecule has 3 aromatic rings. The average Bonchev–Trinajstić information content (AvgIpc) is 3.53. The van der Waals surface area contributed by atoms with Gasteiger partial charge < -0.3 is 15.4 Å². The number of rotatable bonds is 5. The maximum atomic E-state index is 12.6. The molecule has 0 saturated carbocycles. The van der Waals surface area contributed by atoms with Gasteiger partial charge in [0, 0.05) is 30.7 Å². The van der Waals surface area contributed by atoms with Gasteiger partial charge in [-0.15, -0.1) is 0 Å². The van der Waals surface area contributed by atoms with Gasteiger partial charge in [-0.3, -0.25) is 14.3 Å². The van der Waals surface area contributed by atoms with Gasteiger partial charge in [-0.25, -0.2) is 15.0 Å². The van der Waals surface area contributed by atoms with Gasteiger partial charge in [-0.05, 0) is 44.4 Å². The average molecular weight is 434 g/mol. The van der Waals surface area contributed by atoms with Crippen LogP contribution < -0.4 is 10.6 Å². The summed E-state index contributed by atoms with van der Waals surface area (Å²) in [5.41, 5.74) is 2.19. The van der Waals surface area contributed by atoms with E-state index in [0.29, 0.717) is 28.1 Å². The van der Waals surface area contributed by atoms with Crippen molar-refractivity contribution in [2.75, 3.05) is 31.5 Å². The number of hydrogen-bond donors (Lipinski definition) is 2. The number of hydrogen-bond acceptors (Lipinski definition) is 7. The van der Waals surface area contributed by atoms with Gasteiger partial charge in [0.25, 0.3) is 5.91 Å². The fraction of sp³-hybridized carbons (Fsp3) is 0.478. The van der Waals surface area contributed by atoms with Crippen molar-refractivity contribution in [3.8, 4) is 0 Å². The van der Waals surface area contributed by atoms with Crippen LogP contribution in [0.4, 0.5) is 5.82 Å². The van der Waals surface area contributed by atoms with Gasteiger partial charge in [-0.2, -0.15) is 0 Å². The first-order valence-corrected chi connectivity index (χ1v) is 11.4. The van der Waals surface area contributed by atoms with Crippen LogP contribution in [0.3, 0.4) is 0 Å².